The number of benzene rings is 1. The Bertz CT molecular complexity index is 799. The molecule has 0 spiro atoms. The molecule has 1 aliphatic heterocycles. The lowest BCUT2D eigenvalue weighted by Crippen LogP contribution is -2.16. The third-order valence-corrected chi connectivity index (χ3v) is 5.73. The number of imidazole rings is 1. The molecular weight excluding hydrogens is 420 g/mol. The fraction of sp³-hybridized carbons (Fsp3) is 0.680. The molecule has 2 aromatic rings. The monoisotopic (exact) mass is 462 g/mol. The van der Waals surface area contributed by atoms with Gasteiger partial charge in [0.1, 0.15) is 12.4 Å². The molecule has 4 rings (SSSR count). The van der Waals surface area contributed by atoms with Gasteiger partial charge < -0.3 is 24.1 Å². The predicted octanol–water partition coefficient (Wildman–Crippen LogP) is 5.17. The SMILES string of the molecule is CCOCCOC(=O)Nc1ccc2nc(C3CCCCC3)[nH]c2c1.CN1CCCC1.COC. The highest BCUT2D eigenvalue weighted by atomic mass is 16.6. The van der Waals surface area contributed by atoms with Gasteiger partial charge >= 0.3 is 6.09 Å². The van der Waals surface area contributed by atoms with Crippen LogP contribution in [0.15, 0.2) is 18.2 Å². The smallest absolute Gasteiger partial charge is 0.411 e. The van der Waals surface area contributed by atoms with Crippen molar-refractivity contribution in [3.05, 3.63) is 24.0 Å². The van der Waals surface area contributed by atoms with Crippen molar-refractivity contribution in [1.82, 2.24) is 14.9 Å². The number of hydrogen-bond donors (Lipinski definition) is 2. The van der Waals surface area contributed by atoms with Gasteiger partial charge in [-0.25, -0.2) is 9.78 Å². The number of likely N-dealkylation sites (tertiary alicyclic amines) is 1. The van der Waals surface area contributed by atoms with Crippen molar-refractivity contribution in [1.29, 1.82) is 0 Å². The Morgan fingerprint density at radius 1 is 1.12 bits per heavy atom. The van der Waals surface area contributed by atoms with Crippen molar-refractivity contribution in [3.8, 4) is 0 Å². The molecule has 0 atom stereocenters. The molecule has 1 aromatic heterocycles. The molecule has 8 heteroatoms. The van der Waals surface area contributed by atoms with Crippen LogP contribution in [0.2, 0.25) is 0 Å². The van der Waals surface area contributed by atoms with E-state index in [-0.39, 0.29) is 6.61 Å². The molecule has 8 nitrogen and oxygen atoms in total. The fourth-order valence-electron chi connectivity index (χ4n) is 4.04. The highest BCUT2D eigenvalue weighted by Crippen LogP contribution is 2.32. The van der Waals surface area contributed by atoms with Crippen molar-refractivity contribution in [2.24, 2.45) is 0 Å². The number of aromatic nitrogens is 2. The summed E-state index contributed by atoms with van der Waals surface area (Å²) in [5.41, 5.74) is 2.58. The largest absolute Gasteiger partial charge is 0.447 e. The molecular formula is C25H42N4O4. The minimum absolute atomic E-state index is 0.248. The van der Waals surface area contributed by atoms with E-state index >= 15 is 0 Å². The first-order valence-electron chi connectivity index (χ1n) is 12.2. The van der Waals surface area contributed by atoms with E-state index in [1.807, 2.05) is 25.1 Å². The minimum atomic E-state index is -0.471. The quantitative estimate of drug-likeness (QED) is 0.576. The summed E-state index contributed by atoms with van der Waals surface area (Å²) in [6, 6.07) is 5.67. The maximum absolute atomic E-state index is 11.7. The van der Waals surface area contributed by atoms with Crippen LogP contribution in [-0.2, 0) is 14.2 Å². The molecule has 0 unspecified atom stereocenters. The van der Waals surface area contributed by atoms with E-state index in [2.05, 4.69) is 27.0 Å². The van der Waals surface area contributed by atoms with E-state index in [1.54, 1.807) is 14.2 Å². The van der Waals surface area contributed by atoms with Crippen molar-refractivity contribution >= 4 is 22.8 Å². The van der Waals surface area contributed by atoms with Crippen LogP contribution in [0.5, 0.6) is 0 Å². The van der Waals surface area contributed by atoms with Crippen LogP contribution in [0.4, 0.5) is 10.5 Å². The molecule has 1 saturated heterocycles. The van der Waals surface area contributed by atoms with Gasteiger partial charge in [0.15, 0.2) is 0 Å². The lowest BCUT2D eigenvalue weighted by atomic mass is 9.89. The summed E-state index contributed by atoms with van der Waals surface area (Å²) in [4.78, 5) is 22.2. The summed E-state index contributed by atoms with van der Waals surface area (Å²) in [5.74, 6) is 1.60. The molecule has 2 heterocycles. The molecule has 2 fully saturated rings. The maximum atomic E-state index is 11.7. The highest BCUT2D eigenvalue weighted by Gasteiger charge is 2.19. The topological polar surface area (TPSA) is 88.7 Å². The zero-order valence-electron chi connectivity index (χ0n) is 20.8. The summed E-state index contributed by atoms with van der Waals surface area (Å²) < 4.78 is 14.4. The van der Waals surface area contributed by atoms with Crippen LogP contribution >= 0.6 is 0 Å². The number of amides is 1. The molecule has 0 bridgehead atoms. The lowest BCUT2D eigenvalue weighted by molar-refractivity contribution is 0.0850. The Labute approximate surface area is 198 Å². The van der Waals surface area contributed by atoms with Crippen LogP contribution in [-0.4, -0.2) is 75.1 Å². The van der Waals surface area contributed by atoms with E-state index in [9.17, 15) is 4.79 Å². The van der Waals surface area contributed by atoms with Gasteiger partial charge in [-0.2, -0.15) is 0 Å². The molecule has 1 aliphatic carbocycles. The summed E-state index contributed by atoms with van der Waals surface area (Å²) >= 11 is 0. The summed E-state index contributed by atoms with van der Waals surface area (Å²) in [6.07, 6.45) is 8.66. The van der Waals surface area contributed by atoms with E-state index in [1.165, 1.54) is 58.0 Å². The number of H-pyrrole nitrogens is 1. The van der Waals surface area contributed by atoms with Crippen LogP contribution in [0, 0.1) is 0 Å². The van der Waals surface area contributed by atoms with Crippen LogP contribution in [0.1, 0.15) is 63.6 Å². The molecule has 1 aromatic carbocycles. The van der Waals surface area contributed by atoms with Gasteiger partial charge in [0.25, 0.3) is 0 Å². The second-order valence-electron chi connectivity index (χ2n) is 8.57. The van der Waals surface area contributed by atoms with Gasteiger partial charge in [-0.05, 0) is 70.9 Å². The van der Waals surface area contributed by atoms with Gasteiger partial charge in [-0.3, -0.25) is 5.32 Å². The number of carbonyl (C=O) groups is 1. The lowest BCUT2D eigenvalue weighted by Gasteiger charge is -2.18. The molecule has 2 N–H and O–H groups in total. The van der Waals surface area contributed by atoms with Crippen molar-refractivity contribution in [2.45, 2.75) is 57.8 Å². The predicted molar refractivity (Wildman–Crippen MR) is 133 cm³/mol. The summed E-state index contributed by atoms with van der Waals surface area (Å²) in [7, 11) is 5.42. The number of anilines is 1. The molecule has 1 saturated carbocycles. The third-order valence-electron chi connectivity index (χ3n) is 5.73. The van der Waals surface area contributed by atoms with E-state index < -0.39 is 6.09 Å². The van der Waals surface area contributed by atoms with E-state index in [4.69, 9.17) is 14.5 Å². The Morgan fingerprint density at radius 3 is 2.42 bits per heavy atom. The van der Waals surface area contributed by atoms with Crippen molar-refractivity contribution in [3.63, 3.8) is 0 Å². The van der Waals surface area contributed by atoms with Gasteiger partial charge in [0.05, 0.1) is 17.6 Å². The van der Waals surface area contributed by atoms with E-state index in [0.717, 1.165) is 16.9 Å². The Morgan fingerprint density at radius 2 is 1.82 bits per heavy atom. The minimum Gasteiger partial charge on any atom is -0.447 e. The van der Waals surface area contributed by atoms with Gasteiger partial charge in [0.2, 0.25) is 0 Å². The second kappa shape index (κ2) is 15.6. The number of aromatic amines is 1. The average Bonchev–Trinajstić information content (AvgIpc) is 3.47. The molecule has 0 radical (unpaired) electrons. The standard InChI is InChI=1S/C18H25N3O3.C5H11N.C2H6O/c1-2-23-10-11-24-18(22)19-14-8-9-15-16(12-14)21-17(20-15)13-6-4-3-5-7-13;1-6-4-2-3-5-6;1-3-2/h8-9,12-13H,2-7,10-11H2,1H3,(H,19,22)(H,20,21);2-5H2,1H3;1-2H3. The highest BCUT2D eigenvalue weighted by molar-refractivity contribution is 5.88. The molecule has 186 valence electrons. The third kappa shape index (κ3) is 10.1. The van der Waals surface area contributed by atoms with Crippen molar-refractivity contribution in [2.75, 3.05) is 59.5 Å². The maximum Gasteiger partial charge on any atom is 0.411 e. The summed E-state index contributed by atoms with van der Waals surface area (Å²) in [6.45, 7) is 5.82. The number of nitrogens with zero attached hydrogens (tertiary/aromatic N) is 2. The first-order chi connectivity index (χ1) is 16.1. The van der Waals surface area contributed by atoms with Crippen LogP contribution in [0.25, 0.3) is 11.0 Å². The fourth-order valence-corrected chi connectivity index (χ4v) is 4.04. The number of rotatable bonds is 6. The number of fused-ring (bicyclic) bond motifs is 1. The molecule has 33 heavy (non-hydrogen) atoms. The number of carbonyl (C=O) groups excluding carboxylic acids is 1. The van der Waals surface area contributed by atoms with Gasteiger partial charge in [0, 0.05) is 32.4 Å². The Kier molecular flexibility index (Phi) is 12.8. The molecule has 1 amide bonds. The number of methoxy groups -OCH3 is 1. The zero-order chi connectivity index (χ0) is 23.9. The average molecular weight is 463 g/mol. The Balaban J connectivity index is 0.000000360. The van der Waals surface area contributed by atoms with Crippen molar-refractivity contribution < 1.29 is 19.0 Å². The first kappa shape index (κ1) is 27.1. The second-order valence-corrected chi connectivity index (χ2v) is 8.57. The summed E-state index contributed by atoms with van der Waals surface area (Å²) in [5, 5.41) is 2.74. The number of ether oxygens (including phenoxy) is 3. The number of nitrogens with one attached hydrogen (secondary N) is 2. The van der Waals surface area contributed by atoms with Gasteiger partial charge in [-0.1, -0.05) is 19.3 Å². The number of hydrogen-bond acceptors (Lipinski definition) is 6. The van der Waals surface area contributed by atoms with Crippen LogP contribution < -0.4 is 5.32 Å². The first-order valence-corrected chi connectivity index (χ1v) is 12.2. The van der Waals surface area contributed by atoms with Gasteiger partial charge in [-0.15, -0.1) is 0 Å². The normalized spacial score (nSPS) is 16.5. The van der Waals surface area contributed by atoms with Crippen LogP contribution in [0.3, 0.4) is 0 Å². The Hall–Kier alpha value is -2.16. The van der Waals surface area contributed by atoms with E-state index in [0.29, 0.717) is 24.8 Å². The molecule has 2 aliphatic rings. The zero-order valence-corrected chi connectivity index (χ0v) is 20.8.